The van der Waals surface area contributed by atoms with Crippen molar-refractivity contribution in [1.29, 1.82) is 0 Å². The van der Waals surface area contributed by atoms with Crippen molar-refractivity contribution in [3.05, 3.63) is 71.1 Å². The first-order chi connectivity index (χ1) is 14.1. The Kier molecular flexibility index (Phi) is 5.77. The van der Waals surface area contributed by atoms with Crippen LogP contribution in [0.25, 0.3) is 5.78 Å². The van der Waals surface area contributed by atoms with Gasteiger partial charge in [0.15, 0.2) is 0 Å². The minimum absolute atomic E-state index is 0.293. The molecule has 0 aliphatic carbocycles. The molecular formula is C20H17BrN6OS. The zero-order valence-corrected chi connectivity index (χ0v) is 17.9. The number of nitrogens with one attached hydrogen (secondary N) is 2. The summed E-state index contributed by atoms with van der Waals surface area (Å²) < 4.78 is 2.68. The Labute approximate surface area is 180 Å². The zero-order valence-electron chi connectivity index (χ0n) is 15.5. The highest BCUT2D eigenvalue weighted by Crippen LogP contribution is 2.29. The van der Waals surface area contributed by atoms with Crippen LogP contribution in [-0.2, 0) is 6.42 Å². The molecule has 0 atom stereocenters. The van der Waals surface area contributed by atoms with E-state index in [0.29, 0.717) is 11.5 Å². The van der Waals surface area contributed by atoms with E-state index in [2.05, 4.69) is 48.6 Å². The number of aromatic nitrogens is 4. The summed E-state index contributed by atoms with van der Waals surface area (Å²) in [4.78, 5) is 21.8. The summed E-state index contributed by atoms with van der Waals surface area (Å²) in [5.74, 6) is 0.592. The van der Waals surface area contributed by atoms with Crippen molar-refractivity contribution in [3.8, 4) is 0 Å². The third-order valence-electron chi connectivity index (χ3n) is 4.07. The number of benzene rings is 2. The maximum absolute atomic E-state index is 12.2. The van der Waals surface area contributed by atoms with Gasteiger partial charge in [0.05, 0.1) is 0 Å². The van der Waals surface area contributed by atoms with E-state index in [1.165, 1.54) is 6.33 Å². The van der Waals surface area contributed by atoms with Gasteiger partial charge in [-0.05, 0) is 61.0 Å². The Balaban J connectivity index is 1.43. The van der Waals surface area contributed by atoms with E-state index >= 15 is 0 Å². The lowest BCUT2D eigenvalue weighted by Crippen LogP contribution is -2.19. The van der Waals surface area contributed by atoms with E-state index in [-0.39, 0.29) is 6.03 Å². The van der Waals surface area contributed by atoms with Crippen LogP contribution in [0.1, 0.15) is 12.6 Å². The lowest BCUT2D eigenvalue weighted by molar-refractivity contribution is 0.262. The molecular weight excluding hydrogens is 452 g/mol. The van der Waals surface area contributed by atoms with Crippen molar-refractivity contribution in [3.63, 3.8) is 0 Å². The minimum atomic E-state index is -0.293. The summed E-state index contributed by atoms with van der Waals surface area (Å²) in [5, 5.41) is 10.8. The predicted octanol–water partition coefficient (Wildman–Crippen LogP) is 5.24. The molecule has 2 amide bonds. The van der Waals surface area contributed by atoms with E-state index < -0.39 is 0 Å². The molecule has 29 heavy (non-hydrogen) atoms. The van der Waals surface area contributed by atoms with Crippen LogP contribution in [-0.4, -0.2) is 25.6 Å². The fourth-order valence-corrected chi connectivity index (χ4v) is 3.83. The largest absolute Gasteiger partial charge is 0.323 e. The first kappa shape index (κ1) is 19.4. The van der Waals surface area contributed by atoms with Gasteiger partial charge in [0, 0.05) is 26.4 Å². The number of halogens is 1. The number of aryl methyl sites for hydroxylation is 1. The summed E-state index contributed by atoms with van der Waals surface area (Å²) in [7, 11) is 0. The van der Waals surface area contributed by atoms with Crippen molar-refractivity contribution in [2.45, 2.75) is 23.3 Å². The number of carbonyl (C=O) groups is 1. The van der Waals surface area contributed by atoms with Gasteiger partial charge in [0.25, 0.3) is 5.78 Å². The van der Waals surface area contributed by atoms with Crippen molar-refractivity contribution < 1.29 is 4.79 Å². The number of amides is 2. The Morgan fingerprint density at radius 1 is 1.07 bits per heavy atom. The number of fused-ring (bicyclic) bond motifs is 1. The van der Waals surface area contributed by atoms with Crippen LogP contribution in [0.5, 0.6) is 0 Å². The number of nitrogens with zero attached hydrogens (tertiary/aromatic N) is 4. The van der Waals surface area contributed by atoms with E-state index in [0.717, 1.165) is 32.2 Å². The van der Waals surface area contributed by atoms with Gasteiger partial charge in [-0.25, -0.2) is 9.78 Å². The number of anilines is 2. The molecule has 0 fully saturated rings. The molecule has 2 aromatic heterocycles. The molecule has 2 aromatic carbocycles. The lowest BCUT2D eigenvalue weighted by atomic mass is 10.3. The predicted molar refractivity (Wildman–Crippen MR) is 118 cm³/mol. The second kappa shape index (κ2) is 8.62. The van der Waals surface area contributed by atoms with Crippen LogP contribution < -0.4 is 10.6 Å². The quantitative estimate of drug-likeness (QED) is 0.391. The standard InChI is InChI=1S/C20H17BrN6OS/c1-2-14-11-18(27-19(24-14)22-12-23-27)29-17-9-7-16(8-10-17)26-20(28)25-15-5-3-13(21)4-6-15/h3-12H,2H2,1H3,(H2,25,26,28). The van der Waals surface area contributed by atoms with E-state index in [9.17, 15) is 4.79 Å². The first-order valence-electron chi connectivity index (χ1n) is 8.92. The average molecular weight is 469 g/mol. The van der Waals surface area contributed by atoms with Gasteiger partial charge in [-0.1, -0.05) is 34.6 Å². The van der Waals surface area contributed by atoms with Gasteiger partial charge >= 0.3 is 6.03 Å². The summed E-state index contributed by atoms with van der Waals surface area (Å²) >= 11 is 4.94. The maximum Gasteiger partial charge on any atom is 0.323 e. The molecule has 2 N–H and O–H groups in total. The molecule has 0 radical (unpaired) electrons. The zero-order chi connectivity index (χ0) is 20.2. The number of rotatable bonds is 5. The Hall–Kier alpha value is -2.91. The normalized spacial score (nSPS) is 10.8. The van der Waals surface area contributed by atoms with E-state index in [1.807, 2.05) is 54.6 Å². The molecule has 7 nitrogen and oxygen atoms in total. The highest BCUT2D eigenvalue weighted by molar-refractivity contribution is 9.10. The Morgan fingerprint density at radius 3 is 2.38 bits per heavy atom. The molecule has 0 spiro atoms. The SMILES string of the molecule is CCc1cc(Sc2ccc(NC(=O)Nc3ccc(Br)cc3)cc2)n2ncnc2n1. The third kappa shape index (κ3) is 4.75. The molecule has 4 aromatic rings. The van der Waals surface area contributed by atoms with Gasteiger partial charge < -0.3 is 10.6 Å². The number of urea groups is 1. The van der Waals surface area contributed by atoms with Crippen LogP contribution in [0.4, 0.5) is 16.2 Å². The number of hydrogen-bond acceptors (Lipinski definition) is 5. The summed E-state index contributed by atoms with van der Waals surface area (Å²) in [5.41, 5.74) is 2.40. The fourth-order valence-electron chi connectivity index (χ4n) is 2.64. The number of hydrogen-bond donors (Lipinski definition) is 2. The van der Waals surface area contributed by atoms with E-state index in [4.69, 9.17) is 0 Å². The fraction of sp³-hybridized carbons (Fsp3) is 0.100. The lowest BCUT2D eigenvalue weighted by Gasteiger charge is -2.09. The number of carbonyl (C=O) groups excluding carboxylic acids is 1. The van der Waals surface area contributed by atoms with Gasteiger partial charge in [-0.2, -0.15) is 14.6 Å². The van der Waals surface area contributed by atoms with Gasteiger partial charge in [0.2, 0.25) is 0 Å². The second-order valence-electron chi connectivity index (χ2n) is 6.12. The molecule has 4 rings (SSSR count). The van der Waals surface area contributed by atoms with Crippen molar-refractivity contribution in [2.75, 3.05) is 10.6 Å². The third-order valence-corrected chi connectivity index (χ3v) is 5.61. The van der Waals surface area contributed by atoms with Crippen LogP contribution in [0.3, 0.4) is 0 Å². The monoisotopic (exact) mass is 468 g/mol. The molecule has 2 heterocycles. The van der Waals surface area contributed by atoms with Crippen LogP contribution in [0, 0.1) is 0 Å². The second-order valence-corrected chi connectivity index (χ2v) is 8.13. The van der Waals surface area contributed by atoms with Crippen LogP contribution in [0.15, 0.2) is 75.3 Å². The average Bonchev–Trinajstić information content (AvgIpc) is 3.20. The van der Waals surface area contributed by atoms with Crippen molar-refractivity contribution in [2.24, 2.45) is 0 Å². The minimum Gasteiger partial charge on any atom is -0.308 e. The van der Waals surface area contributed by atoms with Crippen molar-refractivity contribution in [1.82, 2.24) is 19.6 Å². The molecule has 0 saturated carbocycles. The molecule has 146 valence electrons. The topological polar surface area (TPSA) is 84.2 Å². The maximum atomic E-state index is 12.2. The summed E-state index contributed by atoms with van der Waals surface area (Å²) in [6.07, 6.45) is 2.33. The highest BCUT2D eigenvalue weighted by atomic mass is 79.9. The summed E-state index contributed by atoms with van der Waals surface area (Å²) in [6.45, 7) is 2.06. The smallest absolute Gasteiger partial charge is 0.308 e. The summed E-state index contributed by atoms with van der Waals surface area (Å²) in [6, 6.07) is 16.8. The Morgan fingerprint density at radius 2 is 1.72 bits per heavy atom. The van der Waals surface area contributed by atoms with E-state index in [1.54, 1.807) is 16.3 Å². The van der Waals surface area contributed by atoms with Crippen LogP contribution in [0.2, 0.25) is 0 Å². The molecule has 9 heteroatoms. The van der Waals surface area contributed by atoms with Crippen LogP contribution >= 0.6 is 27.7 Å². The molecule has 0 aliphatic rings. The molecule has 0 bridgehead atoms. The first-order valence-corrected chi connectivity index (χ1v) is 10.5. The molecule has 0 saturated heterocycles. The van der Waals surface area contributed by atoms with Gasteiger partial charge in [-0.3, -0.25) is 0 Å². The molecule has 0 aliphatic heterocycles. The highest BCUT2D eigenvalue weighted by Gasteiger charge is 2.09. The Bertz CT molecular complexity index is 1140. The molecule has 0 unspecified atom stereocenters. The van der Waals surface area contributed by atoms with Gasteiger partial charge in [0.1, 0.15) is 11.4 Å². The van der Waals surface area contributed by atoms with Crippen molar-refractivity contribution >= 4 is 50.9 Å². The van der Waals surface area contributed by atoms with Gasteiger partial charge in [-0.15, -0.1) is 0 Å².